The van der Waals surface area contributed by atoms with E-state index in [1.165, 1.54) is 18.2 Å². The smallest absolute Gasteiger partial charge is 0.283 e. The van der Waals surface area contributed by atoms with Crippen molar-refractivity contribution in [1.29, 1.82) is 0 Å². The van der Waals surface area contributed by atoms with Crippen LogP contribution in [0.15, 0.2) is 18.2 Å². The molecule has 0 aliphatic heterocycles. The second-order valence-electron chi connectivity index (χ2n) is 4.81. The summed E-state index contributed by atoms with van der Waals surface area (Å²) in [6, 6.07) is 4.17. The maximum absolute atomic E-state index is 12.1. The van der Waals surface area contributed by atoms with Crippen LogP contribution in [-0.2, 0) is 0 Å². The van der Waals surface area contributed by atoms with Crippen LogP contribution in [-0.4, -0.2) is 22.8 Å². The second-order valence-corrected chi connectivity index (χ2v) is 5.78. The van der Waals surface area contributed by atoms with E-state index >= 15 is 0 Å². The van der Waals surface area contributed by atoms with Crippen LogP contribution in [0, 0.1) is 16.0 Å². The van der Waals surface area contributed by atoms with Crippen molar-refractivity contribution in [3.8, 4) is 0 Å². The molecule has 1 amide bonds. The van der Waals surface area contributed by atoms with Crippen molar-refractivity contribution in [2.75, 3.05) is 6.54 Å². The van der Waals surface area contributed by atoms with E-state index in [-0.39, 0.29) is 27.6 Å². The van der Waals surface area contributed by atoms with E-state index in [2.05, 4.69) is 5.32 Å². The number of nitrogens with one attached hydrogen (secondary N) is 1. The Bertz CT molecular complexity index is 536. The number of nitro groups is 1. The summed E-state index contributed by atoms with van der Waals surface area (Å²) in [4.78, 5) is 22.4. The van der Waals surface area contributed by atoms with Gasteiger partial charge in [0.15, 0.2) is 0 Å². The summed E-state index contributed by atoms with van der Waals surface area (Å²) in [6.45, 7) is 0.412. The normalized spacial score (nSPS) is 21.7. The van der Waals surface area contributed by atoms with Crippen LogP contribution in [0.5, 0.6) is 0 Å². The van der Waals surface area contributed by atoms with Gasteiger partial charge < -0.3 is 5.32 Å². The predicted molar refractivity (Wildman–Crippen MR) is 77.4 cm³/mol. The molecule has 5 nitrogen and oxygen atoms in total. The van der Waals surface area contributed by atoms with Crippen LogP contribution in [0.3, 0.4) is 0 Å². The average Bonchev–Trinajstić information content (AvgIpc) is 2.81. The summed E-state index contributed by atoms with van der Waals surface area (Å²) in [5, 5.41) is 13.8. The Hall–Kier alpha value is -1.33. The van der Waals surface area contributed by atoms with Gasteiger partial charge in [-0.1, -0.05) is 24.1 Å². The molecule has 0 heterocycles. The first-order chi connectivity index (χ1) is 9.50. The monoisotopic (exact) mass is 316 g/mol. The number of amides is 1. The summed E-state index contributed by atoms with van der Waals surface area (Å²) >= 11 is 12.0. The van der Waals surface area contributed by atoms with Crippen LogP contribution in [0.2, 0.25) is 5.02 Å². The van der Waals surface area contributed by atoms with E-state index in [9.17, 15) is 14.9 Å². The van der Waals surface area contributed by atoms with Gasteiger partial charge in [0, 0.05) is 18.0 Å². The summed E-state index contributed by atoms with van der Waals surface area (Å²) in [5.41, 5.74) is -0.382. The number of nitrogens with zero attached hydrogens (tertiary/aromatic N) is 1. The van der Waals surface area contributed by atoms with Crippen LogP contribution >= 0.6 is 23.2 Å². The van der Waals surface area contributed by atoms with Crippen LogP contribution in [0.4, 0.5) is 5.69 Å². The molecule has 1 aliphatic rings. The quantitative estimate of drug-likeness (QED) is 0.525. The molecule has 0 spiro atoms. The van der Waals surface area contributed by atoms with Gasteiger partial charge in [-0.05, 0) is 24.8 Å². The zero-order valence-corrected chi connectivity index (χ0v) is 12.2. The average molecular weight is 317 g/mol. The van der Waals surface area contributed by atoms with Gasteiger partial charge in [0.1, 0.15) is 5.56 Å². The lowest BCUT2D eigenvalue weighted by Gasteiger charge is -2.14. The first-order valence-electron chi connectivity index (χ1n) is 6.36. The highest BCUT2D eigenvalue weighted by Gasteiger charge is 2.28. The molecule has 0 radical (unpaired) electrons. The van der Waals surface area contributed by atoms with E-state index in [0.29, 0.717) is 6.54 Å². The van der Waals surface area contributed by atoms with E-state index in [1.807, 2.05) is 0 Å². The van der Waals surface area contributed by atoms with Crippen molar-refractivity contribution in [2.24, 2.45) is 5.92 Å². The highest BCUT2D eigenvalue weighted by Crippen LogP contribution is 2.30. The fraction of sp³-hybridized carbons (Fsp3) is 0.462. The third-order valence-electron chi connectivity index (χ3n) is 3.51. The largest absolute Gasteiger partial charge is 0.351 e. The molecule has 1 aromatic rings. The molecule has 20 heavy (non-hydrogen) atoms. The van der Waals surface area contributed by atoms with E-state index < -0.39 is 10.8 Å². The van der Waals surface area contributed by atoms with Gasteiger partial charge in [0.2, 0.25) is 0 Å². The van der Waals surface area contributed by atoms with E-state index in [0.717, 1.165) is 19.3 Å². The second kappa shape index (κ2) is 6.41. The van der Waals surface area contributed by atoms with Gasteiger partial charge >= 0.3 is 0 Å². The molecule has 1 fully saturated rings. The van der Waals surface area contributed by atoms with Gasteiger partial charge in [0.05, 0.1) is 9.95 Å². The summed E-state index contributed by atoms with van der Waals surface area (Å²) in [7, 11) is 0. The molecule has 0 bridgehead atoms. The van der Waals surface area contributed by atoms with Crippen LogP contribution in [0.1, 0.15) is 29.6 Å². The number of nitro benzene ring substituents is 1. The number of carbonyl (C=O) groups is 1. The zero-order valence-electron chi connectivity index (χ0n) is 10.6. The number of benzene rings is 1. The molecule has 1 aromatic carbocycles. The predicted octanol–water partition coefficient (Wildman–Crippen LogP) is 3.39. The molecular weight excluding hydrogens is 303 g/mol. The fourth-order valence-electron chi connectivity index (χ4n) is 2.42. The molecule has 0 saturated heterocycles. The molecular formula is C13H14Cl2N2O3. The van der Waals surface area contributed by atoms with Crippen molar-refractivity contribution in [3.63, 3.8) is 0 Å². The van der Waals surface area contributed by atoms with Crippen LogP contribution < -0.4 is 5.32 Å². The van der Waals surface area contributed by atoms with Crippen molar-refractivity contribution < 1.29 is 9.72 Å². The third-order valence-corrected chi connectivity index (χ3v) is 4.40. The zero-order chi connectivity index (χ0) is 14.7. The molecule has 1 aliphatic carbocycles. The molecule has 2 atom stereocenters. The maximum atomic E-state index is 12.1. The molecule has 2 rings (SSSR count). The van der Waals surface area contributed by atoms with Crippen molar-refractivity contribution in [1.82, 2.24) is 5.32 Å². The number of hydrogen-bond acceptors (Lipinski definition) is 3. The number of alkyl halides is 1. The van der Waals surface area contributed by atoms with Gasteiger partial charge in [-0.3, -0.25) is 14.9 Å². The van der Waals surface area contributed by atoms with Gasteiger partial charge in [-0.15, -0.1) is 11.6 Å². The molecule has 108 valence electrons. The standard InChI is InChI=1S/C13H14Cl2N2O3/c14-9-4-1-3-8(9)7-16-13(18)12-10(15)5-2-6-11(12)17(19)20/h2,5-6,8-9H,1,3-4,7H2,(H,16,18). The Morgan fingerprint density at radius 1 is 1.45 bits per heavy atom. The number of rotatable bonds is 4. The highest BCUT2D eigenvalue weighted by atomic mass is 35.5. The van der Waals surface area contributed by atoms with Gasteiger partial charge in [-0.2, -0.15) is 0 Å². The number of halogens is 2. The SMILES string of the molecule is O=C(NCC1CCCC1Cl)c1c(Cl)cccc1[N+](=O)[O-]. The Balaban J connectivity index is 2.11. The van der Waals surface area contributed by atoms with Crippen molar-refractivity contribution in [2.45, 2.75) is 24.6 Å². The highest BCUT2D eigenvalue weighted by molar-refractivity contribution is 6.34. The number of carbonyl (C=O) groups excluding carboxylic acids is 1. The van der Waals surface area contributed by atoms with Crippen molar-refractivity contribution in [3.05, 3.63) is 38.9 Å². The minimum absolute atomic E-state index is 0.0523. The van der Waals surface area contributed by atoms with Gasteiger partial charge in [-0.25, -0.2) is 0 Å². The molecule has 1 N–H and O–H groups in total. The Morgan fingerprint density at radius 3 is 2.80 bits per heavy atom. The van der Waals surface area contributed by atoms with Crippen molar-refractivity contribution >= 4 is 34.8 Å². The minimum Gasteiger partial charge on any atom is -0.351 e. The number of hydrogen-bond donors (Lipinski definition) is 1. The maximum Gasteiger partial charge on any atom is 0.283 e. The lowest BCUT2D eigenvalue weighted by molar-refractivity contribution is -0.385. The molecule has 2 unspecified atom stereocenters. The van der Waals surface area contributed by atoms with Gasteiger partial charge in [0.25, 0.3) is 11.6 Å². The Kier molecular flexibility index (Phi) is 4.83. The summed E-state index contributed by atoms with van der Waals surface area (Å²) in [6.07, 6.45) is 2.94. The molecule has 1 saturated carbocycles. The first kappa shape index (κ1) is 15.1. The van der Waals surface area contributed by atoms with Crippen LogP contribution in [0.25, 0.3) is 0 Å². The third kappa shape index (κ3) is 3.22. The molecule has 0 aromatic heterocycles. The summed E-state index contributed by atoms with van der Waals surface area (Å²) < 4.78 is 0. The Labute approximate surface area is 126 Å². The van der Waals surface area contributed by atoms with E-state index in [1.54, 1.807) is 0 Å². The lowest BCUT2D eigenvalue weighted by Crippen LogP contribution is -2.31. The lowest BCUT2D eigenvalue weighted by atomic mass is 10.1. The minimum atomic E-state index is -0.610. The first-order valence-corrected chi connectivity index (χ1v) is 7.17. The van der Waals surface area contributed by atoms with E-state index in [4.69, 9.17) is 23.2 Å². The summed E-state index contributed by atoms with van der Waals surface area (Å²) in [5.74, 6) is -0.319. The topological polar surface area (TPSA) is 72.2 Å². The fourth-order valence-corrected chi connectivity index (χ4v) is 3.05. The molecule has 7 heteroatoms. The Morgan fingerprint density at radius 2 is 2.20 bits per heavy atom.